The molecular weight excluding hydrogens is 380 g/mol. The van der Waals surface area contributed by atoms with E-state index >= 15 is 0 Å². The van der Waals surface area contributed by atoms with Crippen LogP contribution >= 0.6 is 0 Å². The number of nitrogens with one attached hydrogen (secondary N) is 1. The summed E-state index contributed by atoms with van der Waals surface area (Å²) in [5.41, 5.74) is 0.925. The molecule has 0 amide bonds. The second kappa shape index (κ2) is 8.47. The van der Waals surface area contributed by atoms with E-state index < -0.39 is 0 Å². The zero-order valence-corrected chi connectivity index (χ0v) is 17.3. The van der Waals surface area contributed by atoms with Gasteiger partial charge in [-0.05, 0) is 37.8 Å². The molecule has 2 aliphatic rings. The lowest BCUT2D eigenvalue weighted by atomic mass is 9.93. The zero-order valence-electron chi connectivity index (χ0n) is 17.3. The van der Waals surface area contributed by atoms with Crippen LogP contribution in [0.15, 0.2) is 36.7 Å². The first-order chi connectivity index (χ1) is 14.7. The summed E-state index contributed by atoms with van der Waals surface area (Å²) in [6.07, 6.45) is 8.06. The van der Waals surface area contributed by atoms with Crippen LogP contribution in [0.3, 0.4) is 0 Å². The zero-order chi connectivity index (χ0) is 20.3. The number of hydrogen-bond acceptors (Lipinski definition) is 7. The summed E-state index contributed by atoms with van der Waals surface area (Å²) >= 11 is 0. The van der Waals surface area contributed by atoms with Crippen molar-refractivity contribution in [2.45, 2.75) is 37.8 Å². The number of pyridine rings is 2. The summed E-state index contributed by atoms with van der Waals surface area (Å²) in [6, 6.07) is 8.50. The monoisotopic (exact) mass is 408 g/mol. The van der Waals surface area contributed by atoms with Gasteiger partial charge in [-0.15, -0.1) is 0 Å². The number of anilines is 2. The number of nitrogens with zero attached hydrogens (tertiary/aromatic N) is 5. The average Bonchev–Trinajstić information content (AvgIpc) is 3.20. The van der Waals surface area contributed by atoms with Gasteiger partial charge in [0.1, 0.15) is 17.7 Å². The van der Waals surface area contributed by atoms with Crippen LogP contribution in [0.5, 0.6) is 5.88 Å². The highest BCUT2D eigenvalue weighted by atomic mass is 16.5. The number of aryl methyl sites for hydroxylation is 1. The van der Waals surface area contributed by atoms with E-state index in [0.717, 1.165) is 74.5 Å². The van der Waals surface area contributed by atoms with Crippen molar-refractivity contribution < 1.29 is 9.47 Å². The fraction of sp³-hybridized carbons (Fsp3) is 0.500. The topological polar surface area (TPSA) is 77.3 Å². The van der Waals surface area contributed by atoms with Gasteiger partial charge in [0, 0.05) is 50.7 Å². The molecule has 0 atom stereocenters. The van der Waals surface area contributed by atoms with Crippen LogP contribution in [0.1, 0.15) is 25.7 Å². The van der Waals surface area contributed by atoms with Gasteiger partial charge in [0.25, 0.3) is 0 Å². The van der Waals surface area contributed by atoms with Gasteiger partial charge in [-0.2, -0.15) is 10.1 Å². The molecule has 0 bridgehead atoms. The molecule has 2 fully saturated rings. The molecule has 0 aromatic carbocycles. The Labute approximate surface area is 176 Å². The average molecular weight is 409 g/mol. The van der Waals surface area contributed by atoms with Gasteiger partial charge in [0.15, 0.2) is 0 Å². The largest absolute Gasteiger partial charge is 0.474 e. The number of fused-ring (bicyclic) bond motifs is 1. The first-order valence-corrected chi connectivity index (χ1v) is 10.8. The number of ether oxygens (including phenoxy) is 2. The van der Waals surface area contributed by atoms with E-state index in [0.29, 0.717) is 11.9 Å². The molecule has 8 nitrogen and oxygen atoms in total. The standard InChI is InChI=1S/C22H28N6O2/c1-27-10-8-20(26-27)24-16-4-6-17(7-5-16)30-22-18-3-2-9-23-19(18)15-21(25-22)28-11-13-29-14-12-28/h2-3,8-10,15-17H,4-7,11-14H2,1H3,(H,24,26). The van der Waals surface area contributed by atoms with Crippen molar-refractivity contribution in [3.05, 3.63) is 36.7 Å². The second-order valence-electron chi connectivity index (χ2n) is 8.07. The predicted molar refractivity (Wildman–Crippen MR) is 116 cm³/mol. The van der Waals surface area contributed by atoms with E-state index in [1.165, 1.54) is 0 Å². The van der Waals surface area contributed by atoms with E-state index in [1.807, 2.05) is 42.3 Å². The fourth-order valence-corrected chi connectivity index (χ4v) is 4.26. The Balaban J connectivity index is 1.29. The number of hydrogen-bond donors (Lipinski definition) is 1. The Bertz CT molecular complexity index is 992. The molecule has 3 aromatic rings. The molecule has 1 saturated carbocycles. The summed E-state index contributed by atoms with van der Waals surface area (Å²) in [4.78, 5) is 11.7. The minimum Gasteiger partial charge on any atom is -0.474 e. The van der Waals surface area contributed by atoms with Gasteiger partial charge < -0.3 is 19.7 Å². The van der Waals surface area contributed by atoms with Crippen LogP contribution < -0.4 is 15.0 Å². The molecule has 1 N–H and O–H groups in total. The molecule has 0 unspecified atom stereocenters. The Kier molecular flexibility index (Phi) is 5.40. The summed E-state index contributed by atoms with van der Waals surface area (Å²) in [6.45, 7) is 3.14. The Hall–Kier alpha value is -2.87. The van der Waals surface area contributed by atoms with E-state index in [-0.39, 0.29) is 6.10 Å². The second-order valence-corrected chi connectivity index (χ2v) is 8.07. The van der Waals surface area contributed by atoms with Gasteiger partial charge in [-0.1, -0.05) is 0 Å². The third-order valence-electron chi connectivity index (χ3n) is 5.90. The molecule has 8 heteroatoms. The third kappa shape index (κ3) is 4.18. The first-order valence-electron chi connectivity index (χ1n) is 10.8. The van der Waals surface area contributed by atoms with Crippen molar-refractivity contribution in [2.75, 3.05) is 36.5 Å². The van der Waals surface area contributed by atoms with Crippen LogP contribution in [-0.2, 0) is 11.8 Å². The number of morpholine rings is 1. The lowest BCUT2D eigenvalue weighted by molar-refractivity contribution is 0.122. The highest BCUT2D eigenvalue weighted by Crippen LogP contribution is 2.31. The van der Waals surface area contributed by atoms with Gasteiger partial charge in [-0.3, -0.25) is 9.67 Å². The molecule has 158 valence electrons. The molecule has 4 heterocycles. The summed E-state index contributed by atoms with van der Waals surface area (Å²) < 4.78 is 13.8. The van der Waals surface area contributed by atoms with Crippen molar-refractivity contribution in [1.29, 1.82) is 0 Å². The van der Waals surface area contributed by atoms with Gasteiger partial charge in [0.2, 0.25) is 5.88 Å². The Morgan fingerprint density at radius 1 is 1.13 bits per heavy atom. The molecule has 1 saturated heterocycles. The third-order valence-corrected chi connectivity index (χ3v) is 5.90. The van der Waals surface area contributed by atoms with Crippen LogP contribution in [-0.4, -0.2) is 58.2 Å². The van der Waals surface area contributed by atoms with E-state index in [4.69, 9.17) is 14.5 Å². The van der Waals surface area contributed by atoms with Crippen LogP contribution in [0.2, 0.25) is 0 Å². The van der Waals surface area contributed by atoms with Crippen molar-refractivity contribution in [1.82, 2.24) is 19.7 Å². The minimum atomic E-state index is 0.169. The molecule has 0 spiro atoms. The Morgan fingerprint density at radius 2 is 1.97 bits per heavy atom. The van der Waals surface area contributed by atoms with Crippen LogP contribution in [0.25, 0.3) is 10.9 Å². The lowest BCUT2D eigenvalue weighted by Gasteiger charge is -2.31. The predicted octanol–water partition coefficient (Wildman–Crippen LogP) is 3.00. The lowest BCUT2D eigenvalue weighted by Crippen LogP contribution is -2.37. The first kappa shape index (κ1) is 19.1. The quantitative estimate of drug-likeness (QED) is 0.695. The Morgan fingerprint density at radius 3 is 2.73 bits per heavy atom. The van der Waals surface area contributed by atoms with Crippen molar-refractivity contribution >= 4 is 22.5 Å². The molecule has 1 aliphatic heterocycles. The molecule has 3 aromatic heterocycles. The molecule has 0 radical (unpaired) electrons. The summed E-state index contributed by atoms with van der Waals surface area (Å²) in [7, 11) is 1.94. The maximum atomic E-state index is 6.45. The van der Waals surface area contributed by atoms with Crippen molar-refractivity contribution in [3.63, 3.8) is 0 Å². The highest BCUT2D eigenvalue weighted by molar-refractivity contribution is 5.85. The maximum absolute atomic E-state index is 6.45. The van der Waals surface area contributed by atoms with Gasteiger partial charge in [-0.25, -0.2) is 0 Å². The van der Waals surface area contributed by atoms with Gasteiger partial charge >= 0.3 is 0 Å². The summed E-state index contributed by atoms with van der Waals surface area (Å²) in [5, 5.41) is 8.94. The number of rotatable bonds is 5. The summed E-state index contributed by atoms with van der Waals surface area (Å²) in [5.74, 6) is 2.56. The fourth-order valence-electron chi connectivity index (χ4n) is 4.26. The minimum absolute atomic E-state index is 0.169. The van der Waals surface area contributed by atoms with E-state index in [9.17, 15) is 0 Å². The highest BCUT2D eigenvalue weighted by Gasteiger charge is 2.25. The van der Waals surface area contributed by atoms with E-state index in [2.05, 4.69) is 26.4 Å². The maximum Gasteiger partial charge on any atom is 0.225 e. The van der Waals surface area contributed by atoms with Gasteiger partial charge in [0.05, 0.1) is 24.1 Å². The SMILES string of the molecule is Cn1ccc(NC2CCC(Oc3nc(N4CCOCC4)cc4ncccc34)CC2)n1. The van der Waals surface area contributed by atoms with Crippen molar-refractivity contribution in [3.8, 4) is 5.88 Å². The van der Waals surface area contributed by atoms with E-state index in [1.54, 1.807) is 0 Å². The van der Waals surface area contributed by atoms with Crippen molar-refractivity contribution in [2.24, 2.45) is 7.05 Å². The molecular formula is C22H28N6O2. The molecule has 30 heavy (non-hydrogen) atoms. The smallest absolute Gasteiger partial charge is 0.225 e. The van der Waals surface area contributed by atoms with Crippen LogP contribution in [0.4, 0.5) is 11.6 Å². The molecule has 1 aliphatic carbocycles. The normalized spacial score (nSPS) is 22.2. The molecule has 5 rings (SSSR count). The van der Waals surface area contributed by atoms with Crippen LogP contribution in [0, 0.1) is 0 Å². The number of aromatic nitrogens is 4.